The number of nitrogens with zero attached hydrogens (tertiary/aromatic N) is 1. The predicted molar refractivity (Wildman–Crippen MR) is 74.6 cm³/mol. The van der Waals surface area contributed by atoms with Gasteiger partial charge in [0.2, 0.25) is 0 Å². The Morgan fingerprint density at radius 1 is 1.29 bits per heavy atom. The lowest BCUT2D eigenvalue weighted by Gasteiger charge is -2.19. The lowest BCUT2D eigenvalue weighted by atomic mass is 9.91. The van der Waals surface area contributed by atoms with Gasteiger partial charge in [0.1, 0.15) is 0 Å². The van der Waals surface area contributed by atoms with Gasteiger partial charge in [0, 0.05) is 22.9 Å². The SMILES string of the molecule is Cc1nc(C(C)(C)C)c(CNC2CCCC2)s1. The van der Waals surface area contributed by atoms with Crippen LogP contribution in [0.5, 0.6) is 0 Å². The average molecular weight is 252 g/mol. The van der Waals surface area contributed by atoms with E-state index in [4.69, 9.17) is 4.98 Å². The topological polar surface area (TPSA) is 24.9 Å². The highest BCUT2D eigenvalue weighted by atomic mass is 32.1. The molecule has 1 N–H and O–H groups in total. The van der Waals surface area contributed by atoms with Crippen LogP contribution in [0.4, 0.5) is 0 Å². The molecular formula is C14H24N2S. The highest BCUT2D eigenvalue weighted by molar-refractivity contribution is 7.11. The van der Waals surface area contributed by atoms with Crippen LogP contribution in [0, 0.1) is 6.92 Å². The fourth-order valence-electron chi connectivity index (χ4n) is 2.54. The van der Waals surface area contributed by atoms with E-state index in [1.165, 1.54) is 41.3 Å². The van der Waals surface area contributed by atoms with Gasteiger partial charge in [0.15, 0.2) is 0 Å². The predicted octanol–water partition coefficient (Wildman–Crippen LogP) is 3.78. The summed E-state index contributed by atoms with van der Waals surface area (Å²) < 4.78 is 0. The van der Waals surface area contributed by atoms with Crippen molar-refractivity contribution >= 4 is 11.3 Å². The second-order valence-corrected chi connectivity index (χ2v) is 7.40. The van der Waals surface area contributed by atoms with Crippen LogP contribution < -0.4 is 5.32 Å². The van der Waals surface area contributed by atoms with Crippen LogP contribution in [-0.4, -0.2) is 11.0 Å². The Bertz CT molecular complexity index is 370. The number of aromatic nitrogens is 1. The maximum Gasteiger partial charge on any atom is 0.0900 e. The van der Waals surface area contributed by atoms with Gasteiger partial charge < -0.3 is 5.32 Å². The molecule has 2 rings (SSSR count). The van der Waals surface area contributed by atoms with Crippen LogP contribution in [0.25, 0.3) is 0 Å². The molecule has 17 heavy (non-hydrogen) atoms. The highest BCUT2D eigenvalue weighted by Gasteiger charge is 2.23. The number of nitrogens with one attached hydrogen (secondary N) is 1. The molecule has 0 unspecified atom stereocenters. The summed E-state index contributed by atoms with van der Waals surface area (Å²) in [5, 5.41) is 4.89. The van der Waals surface area contributed by atoms with Crippen molar-refractivity contribution in [2.75, 3.05) is 0 Å². The fraction of sp³-hybridized carbons (Fsp3) is 0.786. The largest absolute Gasteiger partial charge is 0.309 e. The second kappa shape index (κ2) is 5.07. The summed E-state index contributed by atoms with van der Waals surface area (Å²) >= 11 is 1.85. The standard InChI is InChI=1S/C14H24N2S/c1-10-16-13(14(2,3)4)12(17-10)9-15-11-7-5-6-8-11/h11,15H,5-9H2,1-4H3. The Kier molecular flexibility index (Phi) is 3.88. The first kappa shape index (κ1) is 13.0. The zero-order chi connectivity index (χ0) is 12.5. The van der Waals surface area contributed by atoms with E-state index in [2.05, 4.69) is 33.0 Å². The van der Waals surface area contributed by atoms with Gasteiger partial charge in [0.25, 0.3) is 0 Å². The molecule has 3 heteroatoms. The molecule has 0 bridgehead atoms. The van der Waals surface area contributed by atoms with E-state index in [-0.39, 0.29) is 5.41 Å². The third-order valence-electron chi connectivity index (χ3n) is 3.42. The number of aryl methyl sites for hydroxylation is 1. The maximum atomic E-state index is 4.71. The van der Waals surface area contributed by atoms with Gasteiger partial charge in [-0.05, 0) is 19.8 Å². The van der Waals surface area contributed by atoms with Gasteiger partial charge in [-0.15, -0.1) is 11.3 Å². The van der Waals surface area contributed by atoms with Crippen molar-refractivity contribution in [2.24, 2.45) is 0 Å². The molecule has 0 spiro atoms. The Hall–Kier alpha value is -0.410. The molecule has 1 aromatic heterocycles. The first-order valence-electron chi connectivity index (χ1n) is 6.67. The first-order chi connectivity index (χ1) is 7.97. The average Bonchev–Trinajstić information content (AvgIpc) is 2.82. The van der Waals surface area contributed by atoms with Crippen molar-refractivity contribution < 1.29 is 0 Å². The monoisotopic (exact) mass is 252 g/mol. The maximum absolute atomic E-state index is 4.71. The minimum absolute atomic E-state index is 0.164. The number of rotatable bonds is 3. The summed E-state index contributed by atoms with van der Waals surface area (Å²) in [6, 6.07) is 0.741. The van der Waals surface area contributed by atoms with Crippen molar-refractivity contribution in [1.82, 2.24) is 10.3 Å². The number of hydrogen-bond acceptors (Lipinski definition) is 3. The van der Waals surface area contributed by atoms with Crippen molar-refractivity contribution in [2.45, 2.75) is 71.4 Å². The summed E-state index contributed by atoms with van der Waals surface area (Å²) in [7, 11) is 0. The Balaban J connectivity index is 2.04. The molecule has 1 aliphatic rings. The summed E-state index contributed by atoms with van der Waals surface area (Å²) in [5.74, 6) is 0. The summed E-state index contributed by atoms with van der Waals surface area (Å²) in [4.78, 5) is 6.14. The van der Waals surface area contributed by atoms with E-state index in [0.29, 0.717) is 0 Å². The van der Waals surface area contributed by atoms with E-state index in [1.807, 2.05) is 11.3 Å². The summed E-state index contributed by atoms with van der Waals surface area (Å²) in [6.45, 7) is 9.86. The molecule has 0 amide bonds. The molecule has 1 saturated carbocycles. The van der Waals surface area contributed by atoms with Crippen LogP contribution >= 0.6 is 11.3 Å². The molecule has 0 aromatic carbocycles. The van der Waals surface area contributed by atoms with Crippen LogP contribution in [0.15, 0.2) is 0 Å². The molecule has 1 fully saturated rings. The zero-order valence-corrected chi connectivity index (χ0v) is 12.3. The van der Waals surface area contributed by atoms with Gasteiger partial charge in [-0.25, -0.2) is 4.98 Å². The van der Waals surface area contributed by atoms with E-state index >= 15 is 0 Å². The molecule has 0 aliphatic heterocycles. The molecule has 2 nitrogen and oxygen atoms in total. The second-order valence-electron chi connectivity index (χ2n) is 6.12. The van der Waals surface area contributed by atoms with E-state index in [9.17, 15) is 0 Å². The number of hydrogen-bond donors (Lipinski definition) is 1. The quantitative estimate of drug-likeness (QED) is 0.885. The van der Waals surface area contributed by atoms with E-state index in [1.54, 1.807) is 0 Å². The van der Waals surface area contributed by atoms with Crippen molar-refractivity contribution in [3.05, 3.63) is 15.6 Å². The van der Waals surface area contributed by atoms with Crippen LogP contribution in [0.1, 0.15) is 62.0 Å². The van der Waals surface area contributed by atoms with Gasteiger partial charge in [-0.3, -0.25) is 0 Å². The van der Waals surface area contributed by atoms with Crippen LogP contribution in [-0.2, 0) is 12.0 Å². The fourth-order valence-corrected chi connectivity index (χ4v) is 3.64. The Morgan fingerprint density at radius 2 is 1.94 bits per heavy atom. The summed E-state index contributed by atoms with van der Waals surface area (Å²) in [6.07, 6.45) is 5.49. The normalized spacial score (nSPS) is 17.9. The van der Waals surface area contributed by atoms with Gasteiger partial charge >= 0.3 is 0 Å². The summed E-state index contributed by atoms with van der Waals surface area (Å²) in [5.41, 5.74) is 1.45. The molecule has 1 aromatic rings. The lowest BCUT2D eigenvalue weighted by molar-refractivity contribution is 0.512. The third kappa shape index (κ3) is 3.29. The molecule has 1 aliphatic carbocycles. The van der Waals surface area contributed by atoms with Gasteiger partial charge in [-0.1, -0.05) is 33.6 Å². The van der Waals surface area contributed by atoms with E-state index < -0.39 is 0 Å². The minimum Gasteiger partial charge on any atom is -0.309 e. The molecule has 0 saturated heterocycles. The van der Waals surface area contributed by atoms with Gasteiger partial charge in [-0.2, -0.15) is 0 Å². The van der Waals surface area contributed by atoms with E-state index in [0.717, 1.165) is 12.6 Å². The molecule has 0 radical (unpaired) electrons. The first-order valence-corrected chi connectivity index (χ1v) is 7.48. The third-order valence-corrected chi connectivity index (χ3v) is 4.39. The van der Waals surface area contributed by atoms with Crippen molar-refractivity contribution in [3.8, 4) is 0 Å². The Labute approximate surface area is 109 Å². The lowest BCUT2D eigenvalue weighted by Crippen LogP contribution is -2.26. The molecule has 96 valence electrons. The number of thiazole rings is 1. The Morgan fingerprint density at radius 3 is 2.53 bits per heavy atom. The molecular weight excluding hydrogens is 228 g/mol. The van der Waals surface area contributed by atoms with Crippen molar-refractivity contribution in [1.29, 1.82) is 0 Å². The zero-order valence-electron chi connectivity index (χ0n) is 11.5. The van der Waals surface area contributed by atoms with Crippen molar-refractivity contribution in [3.63, 3.8) is 0 Å². The molecule has 0 atom stereocenters. The minimum atomic E-state index is 0.164. The van der Waals surface area contributed by atoms with Gasteiger partial charge in [0.05, 0.1) is 10.7 Å². The van der Waals surface area contributed by atoms with Crippen LogP contribution in [0.3, 0.4) is 0 Å². The highest BCUT2D eigenvalue weighted by Crippen LogP contribution is 2.29. The smallest absolute Gasteiger partial charge is 0.0900 e. The van der Waals surface area contributed by atoms with Crippen LogP contribution in [0.2, 0.25) is 0 Å². The molecule has 1 heterocycles.